The second-order valence-electron chi connectivity index (χ2n) is 8.83. The maximum absolute atomic E-state index is 14.6. The standard InChI is InChI=1S/C27H32NOPSi/c1-5-27(31(2,3)4)26(22-21-23-15-9-6-10-16-23)28-30(29,24-17-11-7-12-18-24)25-19-13-8-14-20-25/h6-20,26H,1,21-22H2,2-4H3,(H,28,29). The Bertz CT molecular complexity index is 1020. The Morgan fingerprint density at radius 2 is 1.32 bits per heavy atom. The minimum Gasteiger partial charge on any atom is -0.297 e. The highest BCUT2D eigenvalue weighted by molar-refractivity contribution is 7.77. The van der Waals surface area contributed by atoms with Crippen LogP contribution in [0, 0.1) is 0 Å². The summed E-state index contributed by atoms with van der Waals surface area (Å²) in [5.41, 5.74) is 4.53. The molecule has 0 aromatic heterocycles. The molecule has 160 valence electrons. The van der Waals surface area contributed by atoms with Crippen LogP contribution in [-0.4, -0.2) is 14.1 Å². The van der Waals surface area contributed by atoms with Gasteiger partial charge in [0.05, 0.1) is 8.07 Å². The minimum absolute atomic E-state index is 0.0596. The van der Waals surface area contributed by atoms with Gasteiger partial charge in [-0.2, -0.15) is 0 Å². The van der Waals surface area contributed by atoms with Crippen molar-refractivity contribution < 1.29 is 4.57 Å². The first-order valence-corrected chi connectivity index (χ1v) is 16.0. The van der Waals surface area contributed by atoms with Crippen molar-refractivity contribution in [1.82, 2.24) is 5.09 Å². The van der Waals surface area contributed by atoms with Crippen molar-refractivity contribution in [2.24, 2.45) is 0 Å². The van der Waals surface area contributed by atoms with Crippen LogP contribution >= 0.6 is 7.29 Å². The van der Waals surface area contributed by atoms with Crippen molar-refractivity contribution in [2.75, 3.05) is 0 Å². The van der Waals surface area contributed by atoms with E-state index in [-0.39, 0.29) is 6.04 Å². The quantitative estimate of drug-likeness (QED) is 0.245. The van der Waals surface area contributed by atoms with Crippen molar-refractivity contribution >= 4 is 26.0 Å². The van der Waals surface area contributed by atoms with Gasteiger partial charge in [0.2, 0.25) is 7.29 Å². The van der Waals surface area contributed by atoms with Crippen LogP contribution in [0.15, 0.2) is 109 Å². The molecule has 4 heteroatoms. The summed E-state index contributed by atoms with van der Waals surface area (Å²) in [5.74, 6) is 0. The molecular weight excluding hydrogens is 413 g/mol. The maximum Gasteiger partial charge on any atom is 0.205 e. The summed E-state index contributed by atoms with van der Waals surface area (Å²) in [6.45, 7) is 10.9. The molecule has 2 nitrogen and oxygen atoms in total. The average Bonchev–Trinajstić information content (AvgIpc) is 2.78. The van der Waals surface area contributed by atoms with Gasteiger partial charge in [-0.15, -0.1) is 5.73 Å². The fourth-order valence-corrected chi connectivity index (χ4v) is 8.32. The molecular formula is C27H32NOPSi. The molecule has 0 heterocycles. The first-order valence-electron chi connectivity index (χ1n) is 10.8. The number of hydrogen-bond donors (Lipinski definition) is 1. The molecule has 3 rings (SSSR count). The highest BCUT2D eigenvalue weighted by Crippen LogP contribution is 2.41. The fourth-order valence-electron chi connectivity index (χ4n) is 3.93. The van der Waals surface area contributed by atoms with E-state index >= 15 is 0 Å². The lowest BCUT2D eigenvalue weighted by Crippen LogP contribution is -2.42. The molecule has 0 fully saturated rings. The van der Waals surface area contributed by atoms with Gasteiger partial charge in [0.15, 0.2) is 0 Å². The van der Waals surface area contributed by atoms with Crippen LogP contribution in [0.25, 0.3) is 0 Å². The molecule has 0 aliphatic heterocycles. The third-order valence-electron chi connectivity index (χ3n) is 5.49. The van der Waals surface area contributed by atoms with Crippen LogP contribution in [0.4, 0.5) is 0 Å². The van der Waals surface area contributed by atoms with E-state index in [4.69, 9.17) is 0 Å². The lowest BCUT2D eigenvalue weighted by Gasteiger charge is -2.32. The molecule has 0 radical (unpaired) electrons. The smallest absolute Gasteiger partial charge is 0.205 e. The molecule has 1 N–H and O–H groups in total. The van der Waals surface area contributed by atoms with E-state index in [9.17, 15) is 4.57 Å². The van der Waals surface area contributed by atoms with E-state index in [2.05, 4.69) is 61.3 Å². The SMILES string of the molecule is C=C=C(C(CCc1ccccc1)NP(=O)(c1ccccc1)c1ccccc1)[Si](C)(C)C. The van der Waals surface area contributed by atoms with Gasteiger partial charge in [-0.3, -0.25) is 9.65 Å². The molecule has 0 saturated heterocycles. The molecule has 0 aliphatic carbocycles. The molecule has 0 aliphatic rings. The highest BCUT2D eigenvalue weighted by atomic mass is 31.2. The van der Waals surface area contributed by atoms with E-state index < -0.39 is 15.4 Å². The van der Waals surface area contributed by atoms with Gasteiger partial charge in [0.25, 0.3) is 0 Å². The first-order chi connectivity index (χ1) is 14.8. The van der Waals surface area contributed by atoms with Crippen molar-refractivity contribution in [3.05, 3.63) is 114 Å². The summed E-state index contributed by atoms with van der Waals surface area (Å²) in [5, 5.41) is 6.48. The summed E-state index contributed by atoms with van der Waals surface area (Å²) < 4.78 is 14.6. The zero-order valence-electron chi connectivity index (χ0n) is 18.7. The second kappa shape index (κ2) is 10.3. The molecule has 1 atom stereocenters. The topological polar surface area (TPSA) is 29.1 Å². The highest BCUT2D eigenvalue weighted by Gasteiger charge is 2.34. The average molecular weight is 446 g/mol. The molecule has 0 amide bonds. The van der Waals surface area contributed by atoms with Crippen LogP contribution in [0.2, 0.25) is 19.6 Å². The molecule has 3 aromatic rings. The number of hydrogen-bond acceptors (Lipinski definition) is 1. The third kappa shape index (κ3) is 5.85. The fraction of sp³-hybridized carbons (Fsp3) is 0.222. The summed E-state index contributed by atoms with van der Waals surface area (Å²) in [6, 6.07) is 30.0. The Balaban J connectivity index is 2.03. The number of aryl methyl sites for hydroxylation is 1. The lowest BCUT2D eigenvalue weighted by atomic mass is 10.1. The first kappa shape index (κ1) is 23.3. The Labute approximate surface area is 188 Å². The number of benzene rings is 3. The van der Waals surface area contributed by atoms with E-state index in [1.165, 1.54) is 10.8 Å². The van der Waals surface area contributed by atoms with Crippen LogP contribution < -0.4 is 15.7 Å². The summed E-state index contributed by atoms with van der Waals surface area (Å²) in [6.07, 6.45) is 1.74. The van der Waals surface area contributed by atoms with Crippen LogP contribution in [0.3, 0.4) is 0 Å². The van der Waals surface area contributed by atoms with Crippen LogP contribution in [-0.2, 0) is 11.0 Å². The summed E-state index contributed by atoms with van der Waals surface area (Å²) >= 11 is 0. The Morgan fingerprint density at radius 1 is 0.871 bits per heavy atom. The zero-order chi connectivity index (χ0) is 22.3. The monoisotopic (exact) mass is 445 g/mol. The maximum atomic E-state index is 14.6. The second-order valence-corrected chi connectivity index (χ2v) is 16.4. The van der Waals surface area contributed by atoms with Crippen molar-refractivity contribution in [3.8, 4) is 0 Å². The zero-order valence-corrected chi connectivity index (χ0v) is 20.6. The van der Waals surface area contributed by atoms with E-state index in [1.54, 1.807) is 0 Å². The van der Waals surface area contributed by atoms with Gasteiger partial charge in [0, 0.05) is 16.7 Å². The van der Waals surface area contributed by atoms with Crippen LogP contribution in [0.5, 0.6) is 0 Å². The van der Waals surface area contributed by atoms with E-state index in [0.717, 1.165) is 23.5 Å². The van der Waals surface area contributed by atoms with Gasteiger partial charge >= 0.3 is 0 Å². The number of nitrogens with one attached hydrogen (secondary N) is 1. The molecule has 0 saturated carbocycles. The molecule has 0 spiro atoms. The van der Waals surface area contributed by atoms with Crippen LogP contribution in [0.1, 0.15) is 12.0 Å². The molecule has 31 heavy (non-hydrogen) atoms. The molecule has 0 bridgehead atoms. The normalized spacial score (nSPS) is 12.7. The molecule has 1 unspecified atom stereocenters. The van der Waals surface area contributed by atoms with Gasteiger partial charge in [-0.25, -0.2) is 0 Å². The minimum atomic E-state index is -3.05. The molecule has 3 aromatic carbocycles. The van der Waals surface area contributed by atoms with Gasteiger partial charge < -0.3 is 0 Å². The van der Waals surface area contributed by atoms with Crippen molar-refractivity contribution in [2.45, 2.75) is 38.5 Å². The summed E-state index contributed by atoms with van der Waals surface area (Å²) in [4.78, 5) is 0. The van der Waals surface area contributed by atoms with Gasteiger partial charge in [0.1, 0.15) is 0 Å². The van der Waals surface area contributed by atoms with Crippen molar-refractivity contribution in [3.63, 3.8) is 0 Å². The Kier molecular flexibility index (Phi) is 7.70. The Morgan fingerprint density at radius 3 is 1.74 bits per heavy atom. The van der Waals surface area contributed by atoms with E-state index in [0.29, 0.717) is 0 Å². The van der Waals surface area contributed by atoms with E-state index in [1.807, 2.05) is 66.7 Å². The lowest BCUT2D eigenvalue weighted by molar-refractivity contribution is 0.563. The predicted molar refractivity (Wildman–Crippen MR) is 137 cm³/mol. The Hall–Kier alpha value is -2.41. The third-order valence-corrected chi connectivity index (χ3v) is 10.4. The van der Waals surface area contributed by atoms with Gasteiger partial charge in [-0.05, 0) is 47.9 Å². The van der Waals surface area contributed by atoms with Crippen molar-refractivity contribution in [1.29, 1.82) is 0 Å². The van der Waals surface area contributed by atoms with Gasteiger partial charge in [-0.1, -0.05) is 93.0 Å². The largest absolute Gasteiger partial charge is 0.297 e. The number of rotatable bonds is 9. The predicted octanol–water partition coefficient (Wildman–Crippen LogP) is 6.10. The summed E-state index contributed by atoms with van der Waals surface area (Å²) in [7, 11) is -4.78.